The van der Waals surface area contributed by atoms with Crippen molar-refractivity contribution >= 4 is 12.1 Å². The van der Waals surface area contributed by atoms with Gasteiger partial charge in [-0.1, -0.05) is 6.08 Å². The zero-order valence-corrected chi connectivity index (χ0v) is 5.46. The molecule has 0 aromatic rings. The van der Waals surface area contributed by atoms with Crippen LogP contribution < -0.4 is 0 Å². The van der Waals surface area contributed by atoms with Crippen LogP contribution in [0.25, 0.3) is 0 Å². The number of Topliss-reactive ketones (excluding diaryl/α,β-unsaturated/α-hetero) is 1. The third-order valence-corrected chi connectivity index (χ3v) is 0.878. The van der Waals surface area contributed by atoms with Crippen LogP contribution >= 0.6 is 0 Å². The largest absolute Gasteiger partial charge is 0.300 e. The number of hydrogen-bond acceptors (Lipinski definition) is 2. The van der Waals surface area contributed by atoms with Gasteiger partial charge in [-0.25, -0.2) is 0 Å². The third kappa shape index (κ3) is 7.08. The molecule has 0 N–H and O–H groups in total. The van der Waals surface area contributed by atoms with E-state index < -0.39 is 0 Å². The summed E-state index contributed by atoms with van der Waals surface area (Å²) in [6.45, 7) is 1.54. The second-order valence-corrected chi connectivity index (χ2v) is 1.80. The topological polar surface area (TPSA) is 34.1 Å². The predicted molar refractivity (Wildman–Crippen MR) is 35.1 cm³/mol. The predicted octanol–water partition coefficient (Wildman–Crippen LogP) is 1.11. The number of rotatable bonds is 4. The lowest BCUT2D eigenvalue weighted by molar-refractivity contribution is -0.117. The highest BCUT2D eigenvalue weighted by molar-refractivity contribution is 5.75. The summed E-state index contributed by atoms with van der Waals surface area (Å²) in [5, 5.41) is 0. The normalized spacial score (nSPS) is 9.89. The first-order valence-electron chi connectivity index (χ1n) is 2.87. The summed E-state index contributed by atoms with van der Waals surface area (Å²) in [4.78, 5) is 20.0. The van der Waals surface area contributed by atoms with Crippen LogP contribution in [-0.2, 0) is 9.59 Å². The number of hydrogen-bond donors (Lipinski definition) is 0. The van der Waals surface area contributed by atoms with Gasteiger partial charge in [0.2, 0.25) is 0 Å². The Labute approximate surface area is 54.6 Å². The van der Waals surface area contributed by atoms with E-state index in [0.29, 0.717) is 19.1 Å². The standard InChI is InChI=1S/C7H10O2/c1-7(9)5-3-2-4-6-8/h2,4,6H,3,5H2,1H3/b4-2+. The van der Waals surface area contributed by atoms with E-state index >= 15 is 0 Å². The van der Waals surface area contributed by atoms with Crippen LogP contribution in [0, 0.1) is 0 Å². The molecule has 0 heterocycles. The molecule has 0 saturated carbocycles. The van der Waals surface area contributed by atoms with Crippen LogP contribution in [0.1, 0.15) is 19.8 Å². The Hall–Kier alpha value is -0.920. The van der Waals surface area contributed by atoms with Gasteiger partial charge in [0.1, 0.15) is 12.1 Å². The lowest BCUT2D eigenvalue weighted by Gasteiger charge is -1.84. The lowest BCUT2D eigenvalue weighted by atomic mass is 10.2. The van der Waals surface area contributed by atoms with Gasteiger partial charge in [-0.2, -0.15) is 0 Å². The highest BCUT2D eigenvalue weighted by Crippen LogP contribution is 1.89. The highest BCUT2D eigenvalue weighted by Gasteiger charge is 1.86. The molecule has 0 saturated heterocycles. The van der Waals surface area contributed by atoms with Gasteiger partial charge in [-0.05, 0) is 19.4 Å². The van der Waals surface area contributed by atoms with Crippen LogP contribution in [0.4, 0.5) is 0 Å². The minimum atomic E-state index is 0.158. The first kappa shape index (κ1) is 8.08. The molecular weight excluding hydrogens is 116 g/mol. The molecule has 9 heavy (non-hydrogen) atoms. The molecule has 0 aromatic heterocycles. The van der Waals surface area contributed by atoms with E-state index in [-0.39, 0.29) is 5.78 Å². The molecule has 0 atom stereocenters. The zero-order valence-electron chi connectivity index (χ0n) is 5.46. The molecule has 0 aliphatic rings. The Kier molecular flexibility index (Phi) is 4.69. The minimum absolute atomic E-state index is 0.158. The summed E-state index contributed by atoms with van der Waals surface area (Å²) >= 11 is 0. The van der Waals surface area contributed by atoms with Crippen LogP contribution in [0.2, 0.25) is 0 Å². The van der Waals surface area contributed by atoms with E-state index in [2.05, 4.69) is 0 Å². The van der Waals surface area contributed by atoms with Gasteiger partial charge in [0, 0.05) is 6.42 Å². The molecule has 0 amide bonds. The maximum Gasteiger partial charge on any atom is 0.142 e. The van der Waals surface area contributed by atoms with Crippen molar-refractivity contribution in [2.75, 3.05) is 0 Å². The molecule has 2 nitrogen and oxygen atoms in total. The molecule has 0 aromatic carbocycles. The van der Waals surface area contributed by atoms with Crippen molar-refractivity contribution in [1.82, 2.24) is 0 Å². The van der Waals surface area contributed by atoms with Gasteiger partial charge >= 0.3 is 0 Å². The molecule has 0 radical (unpaired) electrons. The zero-order chi connectivity index (χ0) is 7.11. The van der Waals surface area contributed by atoms with E-state index in [9.17, 15) is 9.59 Å². The summed E-state index contributed by atoms with van der Waals surface area (Å²) in [6, 6.07) is 0. The fourth-order valence-electron chi connectivity index (χ4n) is 0.438. The summed E-state index contributed by atoms with van der Waals surface area (Å²) < 4.78 is 0. The first-order valence-corrected chi connectivity index (χ1v) is 2.87. The first-order chi connectivity index (χ1) is 4.27. The summed E-state index contributed by atoms with van der Waals surface area (Å²) in [5.41, 5.74) is 0. The lowest BCUT2D eigenvalue weighted by Crippen LogP contribution is -1.86. The average molecular weight is 126 g/mol. The van der Waals surface area contributed by atoms with Gasteiger partial charge in [-0.15, -0.1) is 0 Å². The molecule has 0 unspecified atom stereocenters. The summed E-state index contributed by atoms with van der Waals surface area (Å²) in [5.74, 6) is 0.158. The Morgan fingerprint density at radius 1 is 1.56 bits per heavy atom. The van der Waals surface area contributed by atoms with Gasteiger partial charge < -0.3 is 4.79 Å². The number of carbonyl (C=O) groups excluding carboxylic acids is 2. The van der Waals surface area contributed by atoms with E-state index in [4.69, 9.17) is 0 Å². The van der Waals surface area contributed by atoms with Crippen molar-refractivity contribution in [3.05, 3.63) is 12.2 Å². The van der Waals surface area contributed by atoms with E-state index in [1.165, 1.54) is 13.0 Å². The number of aldehydes is 1. The number of allylic oxidation sites excluding steroid dienone is 2. The monoisotopic (exact) mass is 126 g/mol. The van der Waals surface area contributed by atoms with Crippen molar-refractivity contribution in [3.63, 3.8) is 0 Å². The van der Waals surface area contributed by atoms with E-state index in [1.807, 2.05) is 0 Å². The van der Waals surface area contributed by atoms with Crippen molar-refractivity contribution in [2.45, 2.75) is 19.8 Å². The molecule has 0 aliphatic carbocycles. The van der Waals surface area contributed by atoms with Gasteiger partial charge in [0.15, 0.2) is 0 Å². The fourth-order valence-corrected chi connectivity index (χ4v) is 0.438. The maximum atomic E-state index is 10.3. The van der Waals surface area contributed by atoms with Crippen LogP contribution in [0.5, 0.6) is 0 Å². The fraction of sp³-hybridized carbons (Fsp3) is 0.429. The minimum Gasteiger partial charge on any atom is -0.300 e. The number of carbonyl (C=O) groups is 2. The van der Waals surface area contributed by atoms with E-state index in [1.54, 1.807) is 6.08 Å². The van der Waals surface area contributed by atoms with Gasteiger partial charge in [0.05, 0.1) is 0 Å². The van der Waals surface area contributed by atoms with E-state index in [0.717, 1.165) is 0 Å². The molecule has 50 valence electrons. The molecule has 0 spiro atoms. The van der Waals surface area contributed by atoms with Crippen molar-refractivity contribution < 1.29 is 9.59 Å². The highest BCUT2D eigenvalue weighted by atomic mass is 16.1. The smallest absolute Gasteiger partial charge is 0.142 e. The van der Waals surface area contributed by atoms with Crippen LogP contribution in [-0.4, -0.2) is 12.1 Å². The van der Waals surface area contributed by atoms with Gasteiger partial charge in [-0.3, -0.25) is 4.79 Å². The Bertz CT molecular complexity index is 125. The number of ketones is 1. The van der Waals surface area contributed by atoms with Crippen molar-refractivity contribution in [1.29, 1.82) is 0 Å². The average Bonchev–Trinajstić information content (AvgIpc) is 1.80. The molecule has 0 aliphatic heterocycles. The molecule has 2 heteroatoms. The Balaban J connectivity index is 3.19. The summed E-state index contributed by atoms with van der Waals surface area (Å²) in [6.07, 6.45) is 5.01. The van der Waals surface area contributed by atoms with Crippen LogP contribution in [0.15, 0.2) is 12.2 Å². The molecular formula is C7H10O2. The SMILES string of the molecule is CC(=O)CC/C=C/C=O. The Morgan fingerprint density at radius 3 is 2.67 bits per heavy atom. The van der Waals surface area contributed by atoms with Crippen LogP contribution in [0.3, 0.4) is 0 Å². The Morgan fingerprint density at radius 2 is 2.22 bits per heavy atom. The molecule has 0 bridgehead atoms. The summed E-state index contributed by atoms with van der Waals surface area (Å²) in [7, 11) is 0. The van der Waals surface area contributed by atoms with Crippen molar-refractivity contribution in [2.24, 2.45) is 0 Å². The second kappa shape index (κ2) is 5.22. The van der Waals surface area contributed by atoms with Gasteiger partial charge in [0.25, 0.3) is 0 Å². The molecule has 0 fully saturated rings. The van der Waals surface area contributed by atoms with Crippen molar-refractivity contribution in [3.8, 4) is 0 Å². The third-order valence-electron chi connectivity index (χ3n) is 0.878. The maximum absolute atomic E-state index is 10.3. The molecule has 0 rings (SSSR count). The second-order valence-electron chi connectivity index (χ2n) is 1.80. The quantitative estimate of drug-likeness (QED) is 0.417.